The van der Waals surface area contributed by atoms with Crippen LogP contribution in [0.5, 0.6) is 0 Å². The number of nitrogens with zero attached hydrogens (tertiary/aromatic N) is 6. The molecule has 0 bridgehead atoms. The predicted molar refractivity (Wildman–Crippen MR) is 151 cm³/mol. The van der Waals surface area contributed by atoms with Crippen LogP contribution in [0.4, 0.5) is 19.8 Å². The van der Waals surface area contributed by atoms with E-state index in [1.54, 1.807) is 47.6 Å². The summed E-state index contributed by atoms with van der Waals surface area (Å²) in [6.45, 7) is 9.91. The number of amides is 3. The van der Waals surface area contributed by atoms with Crippen LogP contribution in [0.15, 0.2) is 30.3 Å². The number of aliphatic hydroxyl groups is 1. The number of hydrogen-bond acceptors (Lipinski definition) is 9. The van der Waals surface area contributed by atoms with Crippen LogP contribution < -0.4 is 4.90 Å². The first-order valence-electron chi connectivity index (χ1n) is 13.6. The molecule has 0 fully saturated rings. The molecule has 2 aromatic heterocycles. The Bertz CT molecular complexity index is 1700. The summed E-state index contributed by atoms with van der Waals surface area (Å²) < 4.78 is 27.5. The number of aromatic nitrogens is 3. The molecule has 3 amide bonds. The smallest absolute Gasteiger partial charge is 0.417 e. The summed E-state index contributed by atoms with van der Waals surface area (Å²) in [7, 11) is 0. The van der Waals surface area contributed by atoms with Gasteiger partial charge in [0.2, 0.25) is 0 Å². The topological polar surface area (TPSA) is 151 Å². The van der Waals surface area contributed by atoms with Gasteiger partial charge in [0.15, 0.2) is 0 Å². The van der Waals surface area contributed by atoms with Crippen molar-refractivity contribution in [2.75, 3.05) is 11.4 Å². The molecule has 0 spiro atoms. The van der Waals surface area contributed by atoms with Crippen molar-refractivity contribution in [3.05, 3.63) is 53.0 Å². The van der Waals surface area contributed by atoms with Gasteiger partial charge in [-0.15, -0.1) is 0 Å². The zero-order valence-electron chi connectivity index (χ0n) is 24.6. The van der Waals surface area contributed by atoms with E-state index in [0.717, 1.165) is 4.90 Å². The molecule has 0 saturated heterocycles. The number of β-amino-alcohol motifs (C(OH)–C–C–N with tert-alkyl or cyclic N) is 1. The van der Waals surface area contributed by atoms with E-state index in [9.17, 15) is 24.8 Å². The first-order chi connectivity index (χ1) is 20.1. The SMILES string of the molecule is CC(C)(C)OC(=O)N1Cc2nc(-c3c(F)cccc3C#N)cc(-c3cc4n(n3)CC(O)CN4C(=O)OC(C)(C)C)c2C1=O. The number of halogens is 1. The number of carbonyl (C=O) groups excluding carboxylic acids is 3. The second-order valence-corrected chi connectivity index (χ2v) is 12.3. The first kappa shape index (κ1) is 29.7. The molecule has 224 valence electrons. The maximum Gasteiger partial charge on any atom is 0.417 e. The summed E-state index contributed by atoms with van der Waals surface area (Å²) in [4.78, 5) is 46.4. The van der Waals surface area contributed by atoms with E-state index in [1.807, 2.05) is 6.07 Å². The lowest BCUT2D eigenvalue weighted by Gasteiger charge is -2.32. The van der Waals surface area contributed by atoms with Crippen molar-refractivity contribution in [3.8, 4) is 28.6 Å². The molecule has 0 radical (unpaired) electrons. The molecular formula is C30H31FN6O6. The van der Waals surface area contributed by atoms with Gasteiger partial charge in [0.25, 0.3) is 5.91 Å². The number of pyridine rings is 1. The van der Waals surface area contributed by atoms with Gasteiger partial charge in [-0.05, 0) is 59.7 Å². The minimum Gasteiger partial charge on any atom is -0.443 e. The molecule has 0 aliphatic carbocycles. The molecule has 3 aromatic rings. The zero-order valence-corrected chi connectivity index (χ0v) is 24.6. The second kappa shape index (κ2) is 10.5. The molecule has 0 saturated carbocycles. The fraction of sp³-hybridized carbons (Fsp3) is 0.400. The first-order valence-corrected chi connectivity index (χ1v) is 13.6. The Balaban J connectivity index is 1.68. The summed E-state index contributed by atoms with van der Waals surface area (Å²) >= 11 is 0. The van der Waals surface area contributed by atoms with Crippen LogP contribution in [0, 0.1) is 17.1 Å². The van der Waals surface area contributed by atoms with Crippen LogP contribution in [0.1, 0.15) is 63.2 Å². The molecule has 1 N–H and O–H groups in total. The normalized spacial score (nSPS) is 16.4. The number of rotatable bonds is 2. The molecule has 43 heavy (non-hydrogen) atoms. The van der Waals surface area contributed by atoms with E-state index >= 15 is 4.39 Å². The van der Waals surface area contributed by atoms with E-state index in [0.29, 0.717) is 5.82 Å². The van der Waals surface area contributed by atoms with E-state index in [1.165, 1.54) is 33.8 Å². The predicted octanol–water partition coefficient (Wildman–Crippen LogP) is 4.63. The van der Waals surface area contributed by atoms with Gasteiger partial charge in [0.1, 0.15) is 22.8 Å². The molecule has 2 aliphatic rings. The third-order valence-electron chi connectivity index (χ3n) is 6.57. The maximum atomic E-state index is 15.1. The highest BCUT2D eigenvalue weighted by atomic mass is 19.1. The molecule has 4 heterocycles. The molecule has 1 aromatic carbocycles. The number of aliphatic hydroxyl groups excluding tert-OH is 1. The average Bonchev–Trinajstić information content (AvgIpc) is 3.46. The minimum absolute atomic E-state index is 0.0232. The van der Waals surface area contributed by atoms with Crippen molar-refractivity contribution in [2.24, 2.45) is 0 Å². The largest absolute Gasteiger partial charge is 0.443 e. The monoisotopic (exact) mass is 590 g/mol. The van der Waals surface area contributed by atoms with Crippen molar-refractivity contribution in [1.29, 1.82) is 5.26 Å². The Kier molecular flexibility index (Phi) is 7.22. The standard InChI is InChI=1S/C30H31FN6O6/c1-29(2,3)42-27(40)35-13-17(38)14-37-23(35)11-20(34-37)18-10-21(24-16(12-32)8-7-9-19(24)31)33-22-15-36(26(39)25(18)22)28(41)43-30(4,5)6/h7-11,17,38H,13-15H2,1-6H3. The van der Waals surface area contributed by atoms with Crippen LogP contribution in [-0.2, 0) is 22.6 Å². The van der Waals surface area contributed by atoms with Gasteiger partial charge < -0.3 is 14.6 Å². The van der Waals surface area contributed by atoms with Crippen LogP contribution in [0.25, 0.3) is 22.5 Å². The second-order valence-electron chi connectivity index (χ2n) is 12.3. The highest BCUT2D eigenvalue weighted by Crippen LogP contribution is 2.38. The van der Waals surface area contributed by atoms with Gasteiger partial charge in [-0.2, -0.15) is 10.4 Å². The fourth-order valence-corrected chi connectivity index (χ4v) is 4.92. The number of carbonyl (C=O) groups is 3. The summed E-state index contributed by atoms with van der Waals surface area (Å²) in [6, 6.07) is 8.98. The molecular weight excluding hydrogens is 559 g/mol. The number of nitriles is 1. The Labute approximate surface area is 247 Å². The van der Waals surface area contributed by atoms with Crippen molar-refractivity contribution in [3.63, 3.8) is 0 Å². The quantitative estimate of drug-likeness (QED) is 0.450. The van der Waals surface area contributed by atoms with Gasteiger partial charge in [0, 0.05) is 11.6 Å². The molecule has 12 nitrogen and oxygen atoms in total. The van der Waals surface area contributed by atoms with Crippen molar-refractivity contribution in [2.45, 2.75) is 71.9 Å². The van der Waals surface area contributed by atoms with Crippen LogP contribution in [0.3, 0.4) is 0 Å². The van der Waals surface area contributed by atoms with Crippen molar-refractivity contribution < 1.29 is 33.4 Å². The van der Waals surface area contributed by atoms with Gasteiger partial charge in [-0.1, -0.05) is 6.07 Å². The van der Waals surface area contributed by atoms with Gasteiger partial charge in [-0.25, -0.2) is 28.5 Å². The number of benzene rings is 1. The van der Waals surface area contributed by atoms with Crippen LogP contribution in [0.2, 0.25) is 0 Å². The maximum absolute atomic E-state index is 15.1. The lowest BCUT2D eigenvalue weighted by Crippen LogP contribution is -2.46. The molecule has 1 atom stereocenters. The van der Waals surface area contributed by atoms with Crippen molar-refractivity contribution in [1.82, 2.24) is 19.7 Å². The van der Waals surface area contributed by atoms with Gasteiger partial charge in [0.05, 0.1) is 65.6 Å². The van der Waals surface area contributed by atoms with E-state index < -0.39 is 41.2 Å². The van der Waals surface area contributed by atoms with Gasteiger partial charge >= 0.3 is 12.2 Å². The van der Waals surface area contributed by atoms with Crippen LogP contribution >= 0.6 is 0 Å². The summed E-state index contributed by atoms with van der Waals surface area (Å²) in [5.74, 6) is -1.09. The lowest BCUT2D eigenvalue weighted by atomic mass is 9.98. The zero-order chi connectivity index (χ0) is 31.4. The Morgan fingerprint density at radius 3 is 2.28 bits per heavy atom. The average molecular weight is 591 g/mol. The number of anilines is 1. The highest BCUT2D eigenvalue weighted by molar-refractivity contribution is 6.10. The number of imide groups is 1. The number of ether oxygens (including phenoxy) is 2. The van der Waals surface area contributed by atoms with E-state index in [4.69, 9.17) is 9.47 Å². The number of hydrogen-bond donors (Lipinski definition) is 1. The number of fused-ring (bicyclic) bond motifs is 2. The summed E-state index contributed by atoms with van der Waals surface area (Å²) in [5.41, 5.74) is -1.08. The van der Waals surface area contributed by atoms with E-state index in [2.05, 4.69) is 10.1 Å². The fourth-order valence-electron chi connectivity index (χ4n) is 4.92. The Hall–Kier alpha value is -4.83. The molecule has 5 rings (SSSR count). The third kappa shape index (κ3) is 5.78. The molecule has 13 heteroatoms. The minimum atomic E-state index is -0.952. The van der Waals surface area contributed by atoms with Crippen molar-refractivity contribution >= 4 is 23.9 Å². The highest BCUT2D eigenvalue weighted by Gasteiger charge is 2.40. The molecule has 2 aliphatic heterocycles. The Morgan fingerprint density at radius 2 is 1.65 bits per heavy atom. The third-order valence-corrected chi connectivity index (χ3v) is 6.57. The lowest BCUT2D eigenvalue weighted by molar-refractivity contribution is 0.0246. The Morgan fingerprint density at radius 1 is 1.00 bits per heavy atom. The van der Waals surface area contributed by atoms with Gasteiger partial charge in [-0.3, -0.25) is 9.69 Å². The van der Waals surface area contributed by atoms with Crippen LogP contribution in [-0.4, -0.2) is 66.7 Å². The van der Waals surface area contributed by atoms with E-state index in [-0.39, 0.29) is 59.0 Å². The summed E-state index contributed by atoms with van der Waals surface area (Å²) in [5, 5.41) is 24.8. The molecule has 1 unspecified atom stereocenters. The summed E-state index contributed by atoms with van der Waals surface area (Å²) in [6.07, 6.45) is -2.53.